The first kappa shape index (κ1) is 22.6. The highest BCUT2D eigenvalue weighted by Crippen LogP contribution is 2.45. The van der Waals surface area contributed by atoms with Gasteiger partial charge in [0.15, 0.2) is 0 Å². The third-order valence-corrected chi connectivity index (χ3v) is 7.33. The number of rotatable bonds is 5. The zero-order chi connectivity index (χ0) is 24.6. The lowest BCUT2D eigenvalue weighted by molar-refractivity contribution is -0.0331. The third-order valence-electron chi connectivity index (χ3n) is 7.33. The number of methoxy groups -OCH3 is 2. The second-order valence-corrected chi connectivity index (χ2v) is 9.28. The molecule has 0 saturated carbocycles. The Morgan fingerprint density at radius 1 is 0.944 bits per heavy atom. The fourth-order valence-corrected chi connectivity index (χ4v) is 5.69. The minimum absolute atomic E-state index is 0.0305. The largest absolute Gasteiger partial charge is 0.481 e. The molecule has 2 bridgehead atoms. The van der Waals surface area contributed by atoms with Crippen molar-refractivity contribution in [1.29, 1.82) is 0 Å². The van der Waals surface area contributed by atoms with Crippen molar-refractivity contribution in [3.8, 4) is 22.9 Å². The molecule has 184 valence electrons. The van der Waals surface area contributed by atoms with Gasteiger partial charge in [0.25, 0.3) is 0 Å². The zero-order valence-corrected chi connectivity index (χ0v) is 20.3. The molecule has 6 rings (SSSR count). The van der Waals surface area contributed by atoms with Crippen molar-refractivity contribution in [2.45, 2.75) is 24.4 Å². The number of ether oxygens (including phenoxy) is 4. The van der Waals surface area contributed by atoms with Gasteiger partial charge >= 0.3 is 6.09 Å². The maximum atomic E-state index is 13.4. The number of aromatic nitrogens is 1. The van der Waals surface area contributed by atoms with E-state index in [9.17, 15) is 4.79 Å². The second-order valence-electron chi connectivity index (χ2n) is 9.28. The maximum Gasteiger partial charge on any atom is 0.410 e. The number of carbonyl (C=O) groups excluding carboxylic acids is 1. The van der Waals surface area contributed by atoms with Gasteiger partial charge in [0.2, 0.25) is 11.8 Å². The van der Waals surface area contributed by atoms with Gasteiger partial charge in [0, 0.05) is 17.5 Å². The highest BCUT2D eigenvalue weighted by atomic mass is 16.6. The van der Waals surface area contributed by atoms with Gasteiger partial charge in [0.1, 0.15) is 6.61 Å². The summed E-state index contributed by atoms with van der Waals surface area (Å²) in [6, 6.07) is 20.2. The van der Waals surface area contributed by atoms with E-state index in [4.69, 9.17) is 18.9 Å². The third kappa shape index (κ3) is 3.80. The SMILES string of the molecule is COc1ccc(C2=CC3COCC(C2)N3C(=O)OCC2c3ccccc3-c3ccccc32)c(OC)n1. The van der Waals surface area contributed by atoms with Gasteiger partial charge < -0.3 is 18.9 Å². The van der Waals surface area contributed by atoms with Crippen molar-refractivity contribution < 1.29 is 23.7 Å². The topological polar surface area (TPSA) is 70.1 Å². The van der Waals surface area contributed by atoms with Gasteiger partial charge in [-0.25, -0.2) is 4.79 Å². The number of amides is 1. The molecule has 1 aliphatic carbocycles. The summed E-state index contributed by atoms with van der Waals surface area (Å²) < 4.78 is 22.5. The quantitative estimate of drug-likeness (QED) is 0.513. The summed E-state index contributed by atoms with van der Waals surface area (Å²) in [5, 5.41) is 0. The molecular weight excluding hydrogens is 456 g/mol. The molecule has 2 aromatic carbocycles. The molecule has 0 N–H and O–H groups in total. The van der Waals surface area contributed by atoms with Crippen molar-refractivity contribution in [3.63, 3.8) is 0 Å². The molecule has 36 heavy (non-hydrogen) atoms. The van der Waals surface area contributed by atoms with Gasteiger partial charge in [-0.3, -0.25) is 4.90 Å². The summed E-state index contributed by atoms with van der Waals surface area (Å²) in [5.74, 6) is 1.04. The van der Waals surface area contributed by atoms with Gasteiger partial charge in [0.05, 0.1) is 39.5 Å². The lowest BCUT2D eigenvalue weighted by Gasteiger charge is -2.44. The first-order chi connectivity index (χ1) is 17.7. The fraction of sp³-hybridized carbons (Fsp3) is 0.310. The molecule has 3 aromatic rings. The molecule has 3 heterocycles. The smallest absolute Gasteiger partial charge is 0.410 e. The summed E-state index contributed by atoms with van der Waals surface area (Å²) in [4.78, 5) is 19.7. The highest BCUT2D eigenvalue weighted by molar-refractivity contribution is 5.79. The van der Waals surface area contributed by atoms with Crippen LogP contribution in [0.4, 0.5) is 4.79 Å². The van der Waals surface area contributed by atoms with Crippen LogP contribution >= 0.6 is 0 Å². The van der Waals surface area contributed by atoms with Crippen LogP contribution in [0.15, 0.2) is 66.7 Å². The standard InChI is InChI=1S/C29H28N2O5/c1-33-27-12-11-21(28(30-27)34-2)18-13-19-15-35-16-20(14-18)31(19)29(32)36-17-26-24-9-5-3-7-22(24)23-8-4-6-10-25(23)26/h3-13,19-20,26H,14-17H2,1-2H3. The first-order valence-corrected chi connectivity index (χ1v) is 12.2. The summed E-state index contributed by atoms with van der Waals surface area (Å²) in [6.07, 6.45) is 2.40. The first-order valence-electron chi connectivity index (χ1n) is 12.2. The number of fused-ring (bicyclic) bond motifs is 5. The predicted octanol–water partition coefficient (Wildman–Crippen LogP) is 4.90. The van der Waals surface area contributed by atoms with Gasteiger partial charge in [-0.15, -0.1) is 0 Å². The number of carbonyl (C=O) groups is 1. The predicted molar refractivity (Wildman–Crippen MR) is 135 cm³/mol. The van der Waals surface area contributed by atoms with E-state index in [2.05, 4.69) is 47.5 Å². The van der Waals surface area contributed by atoms with Crippen molar-refractivity contribution >= 4 is 11.7 Å². The van der Waals surface area contributed by atoms with E-state index in [1.54, 1.807) is 14.2 Å². The summed E-state index contributed by atoms with van der Waals surface area (Å²) in [7, 11) is 3.18. The number of nitrogens with zero attached hydrogens (tertiary/aromatic N) is 2. The van der Waals surface area contributed by atoms with E-state index < -0.39 is 0 Å². The molecular formula is C29H28N2O5. The molecule has 2 atom stereocenters. The zero-order valence-electron chi connectivity index (χ0n) is 20.3. The Morgan fingerprint density at radius 3 is 2.33 bits per heavy atom. The average molecular weight is 485 g/mol. The number of hydrogen-bond acceptors (Lipinski definition) is 6. The Labute approximate surface area is 210 Å². The van der Waals surface area contributed by atoms with E-state index in [1.807, 2.05) is 29.2 Å². The molecule has 2 aliphatic heterocycles. The number of hydrogen-bond donors (Lipinski definition) is 0. The van der Waals surface area contributed by atoms with E-state index >= 15 is 0 Å². The van der Waals surface area contributed by atoms with Crippen molar-refractivity contribution in [3.05, 3.63) is 83.4 Å². The van der Waals surface area contributed by atoms with E-state index in [0.29, 0.717) is 38.0 Å². The number of pyridine rings is 1. The highest BCUT2D eigenvalue weighted by Gasteiger charge is 2.40. The fourth-order valence-electron chi connectivity index (χ4n) is 5.69. The molecule has 1 aromatic heterocycles. The van der Waals surface area contributed by atoms with Gasteiger partial charge in [-0.05, 0) is 40.3 Å². The van der Waals surface area contributed by atoms with Crippen molar-refractivity contribution in [2.75, 3.05) is 34.0 Å². The number of benzene rings is 2. The number of morpholine rings is 1. The molecule has 7 heteroatoms. The van der Waals surface area contributed by atoms with Gasteiger partial charge in [-0.1, -0.05) is 54.6 Å². The van der Waals surface area contributed by atoms with Crippen LogP contribution in [0.1, 0.15) is 29.0 Å². The van der Waals surface area contributed by atoms with Gasteiger partial charge in [-0.2, -0.15) is 4.98 Å². The van der Waals surface area contributed by atoms with Crippen LogP contribution in [-0.4, -0.2) is 62.1 Å². The molecule has 0 radical (unpaired) electrons. The second kappa shape index (κ2) is 9.32. The molecule has 2 unspecified atom stereocenters. The monoisotopic (exact) mass is 484 g/mol. The molecule has 1 saturated heterocycles. The van der Waals surface area contributed by atoms with Crippen molar-refractivity contribution in [1.82, 2.24) is 9.88 Å². The Bertz CT molecular complexity index is 1290. The Balaban J connectivity index is 1.22. The maximum absolute atomic E-state index is 13.4. The lowest BCUT2D eigenvalue weighted by atomic mass is 9.90. The Hall–Kier alpha value is -3.84. The molecule has 3 aliphatic rings. The molecule has 1 fully saturated rings. The van der Waals surface area contributed by atoms with Crippen LogP contribution in [0, 0.1) is 0 Å². The van der Waals surface area contributed by atoms with Crippen molar-refractivity contribution in [2.24, 2.45) is 0 Å². The van der Waals surface area contributed by atoms with E-state index in [-0.39, 0.29) is 24.1 Å². The van der Waals surface area contributed by atoms with Crippen LogP contribution in [-0.2, 0) is 9.47 Å². The Kier molecular flexibility index (Phi) is 5.85. The minimum Gasteiger partial charge on any atom is -0.481 e. The molecule has 7 nitrogen and oxygen atoms in total. The minimum atomic E-state index is -0.301. The lowest BCUT2D eigenvalue weighted by Crippen LogP contribution is -2.56. The Morgan fingerprint density at radius 2 is 1.67 bits per heavy atom. The van der Waals surface area contributed by atoms with Crippen LogP contribution in [0.25, 0.3) is 16.7 Å². The van der Waals surface area contributed by atoms with E-state index in [0.717, 1.165) is 11.1 Å². The average Bonchev–Trinajstić information content (AvgIpc) is 3.24. The molecule has 0 spiro atoms. The van der Waals surface area contributed by atoms with Crippen LogP contribution in [0.3, 0.4) is 0 Å². The summed E-state index contributed by atoms with van der Waals surface area (Å²) in [5.41, 5.74) is 6.83. The van der Waals surface area contributed by atoms with E-state index in [1.165, 1.54) is 22.3 Å². The normalized spacial score (nSPS) is 20.3. The van der Waals surface area contributed by atoms with Crippen LogP contribution in [0.2, 0.25) is 0 Å². The summed E-state index contributed by atoms with van der Waals surface area (Å²) in [6.45, 7) is 1.19. The van der Waals surface area contributed by atoms with Crippen LogP contribution in [0.5, 0.6) is 11.8 Å². The molecule has 1 amide bonds. The summed E-state index contributed by atoms with van der Waals surface area (Å²) >= 11 is 0. The van der Waals surface area contributed by atoms with Crippen LogP contribution < -0.4 is 9.47 Å².